The molecule has 1 aromatic heterocycles. The summed E-state index contributed by atoms with van der Waals surface area (Å²) >= 11 is 5.51. The van der Waals surface area contributed by atoms with Crippen LogP contribution >= 0.6 is 27.3 Å². The van der Waals surface area contributed by atoms with Crippen molar-refractivity contribution < 1.29 is 0 Å². The van der Waals surface area contributed by atoms with E-state index in [0.29, 0.717) is 0 Å². The summed E-state index contributed by atoms with van der Waals surface area (Å²) < 4.78 is 1.17. The third-order valence-corrected chi connectivity index (χ3v) is 4.97. The molecule has 0 saturated heterocycles. The molecule has 0 fully saturated rings. The van der Waals surface area contributed by atoms with Crippen LogP contribution in [-0.4, -0.2) is 0 Å². The number of hydrogen-bond donors (Lipinski definition) is 0. The number of hydrogen-bond acceptors (Lipinski definition) is 1. The van der Waals surface area contributed by atoms with E-state index < -0.39 is 0 Å². The van der Waals surface area contributed by atoms with Gasteiger partial charge in [-0.1, -0.05) is 55.5 Å². The van der Waals surface area contributed by atoms with Crippen molar-refractivity contribution in [1.82, 2.24) is 0 Å². The van der Waals surface area contributed by atoms with Gasteiger partial charge in [0.2, 0.25) is 0 Å². The smallest absolute Gasteiger partial charge is 0.0491 e. The standard InChI is InChI=1S/C17H17BrS/c1-3-5-9-13(4-2)16-12-15(18)17(19-16)14-10-7-6-8-11-14/h4-12H,3H2,1-2H3. The van der Waals surface area contributed by atoms with E-state index in [0.717, 1.165) is 6.42 Å². The normalized spacial score (nSPS) is 12.3. The largest absolute Gasteiger partial charge is 0.134 e. The molecule has 2 heteroatoms. The highest BCUT2D eigenvalue weighted by molar-refractivity contribution is 9.10. The fraction of sp³-hybridized carbons (Fsp3) is 0.176. The van der Waals surface area contributed by atoms with Crippen LogP contribution in [0.1, 0.15) is 25.1 Å². The zero-order valence-electron chi connectivity index (χ0n) is 11.2. The summed E-state index contributed by atoms with van der Waals surface area (Å²) in [5.74, 6) is 0. The lowest BCUT2D eigenvalue weighted by atomic mass is 10.1. The van der Waals surface area contributed by atoms with Crippen molar-refractivity contribution in [3.05, 3.63) is 64.0 Å². The molecule has 0 radical (unpaired) electrons. The maximum absolute atomic E-state index is 3.68. The van der Waals surface area contributed by atoms with Crippen LogP contribution < -0.4 is 0 Å². The number of thiophene rings is 1. The molecule has 0 aliphatic heterocycles. The maximum atomic E-state index is 3.68. The summed E-state index contributed by atoms with van der Waals surface area (Å²) in [6.07, 6.45) is 7.63. The molecule has 0 bridgehead atoms. The topological polar surface area (TPSA) is 0 Å². The minimum absolute atomic E-state index is 1.06. The monoisotopic (exact) mass is 332 g/mol. The van der Waals surface area contributed by atoms with E-state index in [1.54, 1.807) is 0 Å². The fourth-order valence-corrected chi connectivity index (χ4v) is 3.83. The Morgan fingerprint density at radius 1 is 1.26 bits per heavy atom. The Morgan fingerprint density at radius 3 is 2.63 bits per heavy atom. The van der Waals surface area contributed by atoms with Crippen molar-refractivity contribution in [2.45, 2.75) is 20.3 Å². The van der Waals surface area contributed by atoms with Crippen LogP contribution in [0.3, 0.4) is 0 Å². The first-order valence-electron chi connectivity index (χ1n) is 6.44. The Labute approximate surface area is 127 Å². The SMILES string of the molecule is CC=C(C=CCC)c1cc(Br)c(-c2ccccc2)s1. The lowest BCUT2D eigenvalue weighted by Crippen LogP contribution is -1.72. The van der Waals surface area contributed by atoms with E-state index in [9.17, 15) is 0 Å². The average molecular weight is 333 g/mol. The molecule has 2 aromatic rings. The Morgan fingerprint density at radius 2 is 2.00 bits per heavy atom. The second kappa shape index (κ2) is 6.88. The molecule has 0 saturated carbocycles. The average Bonchev–Trinajstić information content (AvgIpc) is 2.83. The molecule has 98 valence electrons. The first-order chi connectivity index (χ1) is 9.26. The van der Waals surface area contributed by atoms with Crippen molar-refractivity contribution in [1.29, 1.82) is 0 Å². The molecule has 2 rings (SSSR count). The van der Waals surface area contributed by atoms with E-state index in [4.69, 9.17) is 0 Å². The highest BCUT2D eigenvalue weighted by Crippen LogP contribution is 2.39. The van der Waals surface area contributed by atoms with Crippen molar-refractivity contribution in [2.75, 3.05) is 0 Å². The Kier molecular flexibility index (Phi) is 5.17. The van der Waals surface area contributed by atoms with Crippen LogP contribution in [-0.2, 0) is 0 Å². The number of benzene rings is 1. The van der Waals surface area contributed by atoms with Gasteiger partial charge in [0.15, 0.2) is 0 Å². The van der Waals surface area contributed by atoms with Gasteiger partial charge in [0.05, 0.1) is 0 Å². The first kappa shape index (κ1) is 14.3. The van der Waals surface area contributed by atoms with E-state index in [-0.39, 0.29) is 0 Å². The second-order valence-corrected chi connectivity index (χ2v) is 6.11. The van der Waals surface area contributed by atoms with Crippen LogP contribution in [0.15, 0.2) is 59.1 Å². The number of halogens is 1. The van der Waals surface area contributed by atoms with E-state index in [1.807, 2.05) is 17.4 Å². The van der Waals surface area contributed by atoms with Gasteiger partial charge < -0.3 is 0 Å². The molecule has 1 aromatic carbocycles. The van der Waals surface area contributed by atoms with Gasteiger partial charge in [-0.2, -0.15) is 0 Å². The van der Waals surface area contributed by atoms with Crippen molar-refractivity contribution in [2.24, 2.45) is 0 Å². The van der Waals surface area contributed by atoms with Crippen molar-refractivity contribution in [3.63, 3.8) is 0 Å². The van der Waals surface area contributed by atoms with Gasteiger partial charge in [-0.15, -0.1) is 11.3 Å². The molecule has 0 atom stereocenters. The molecular formula is C17H17BrS. The molecule has 0 amide bonds. The summed E-state index contributed by atoms with van der Waals surface area (Å²) in [4.78, 5) is 2.60. The Hall–Kier alpha value is -1.12. The van der Waals surface area contributed by atoms with Gasteiger partial charge >= 0.3 is 0 Å². The van der Waals surface area contributed by atoms with E-state index in [1.165, 1.54) is 25.4 Å². The summed E-state index contributed by atoms with van der Waals surface area (Å²) in [5.41, 5.74) is 2.55. The van der Waals surface area contributed by atoms with Gasteiger partial charge in [-0.3, -0.25) is 0 Å². The van der Waals surface area contributed by atoms with Crippen LogP contribution in [0.4, 0.5) is 0 Å². The predicted molar refractivity (Wildman–Crippen MR) is 90.5 cm³/mol. The summed E-state index contributed by atoms with van der Waals surface area (Å²) in [6, 6.07) is 12.7. The van der Waals surface area contributed by atoms with Gasteiger partial charge in [-0.05, 0) is 46.5 Å². The molecular weight excluding hydrogens is 316 g/mol. The summed E-state index contributed by atoms with van der Waals surface area (Å²) in [7, 11) is 0. The second-order valence-electron chi connectivity index (χ2n) is 4.21. The van der Waals surface area contributed by atoms with Crippen molar-refractivity contribution >= 4 is 32.8 Å². The summed E-state index contributed by atoms with van der Waals surface area (Å²) in [5, 5.41) is 0. The lowest BCUT2D eigenvalue weighted by Gasteiger charge is -1.98. The predicted octanol–water partition coefficient (Wildman–Crippen LogP) is 6.55. The van der Waals surface area contributed by atoms with Gasteiger partial charge in [0.1, 0.15) is 0 Å². The third kappa shape index (κ3) is 3.46. The minimum atomic E-state index is 1.06. The summed E-state index contributed by atoms with van der Waals surface area (Å²) in [6.45, 7) is 4.24. The third-order valence-electron chi connectivity index (χ3n) is 2.85. The highest BCUT2D eigenvalue weighted by atomic mass is 79.9. The molecule has 0 spiro atoms. The number of rotatable bonds is 4. The zero-order valence-corrected chi connectivity index (χ0v) is 13.6. The van der Waals surface area contributed by atoms with Crippen molar-refractivity contribution in [3.8, 4) is 10.4 Å². The van der Waals surface area contributed by atoms with Crippen LogP contribution in [0, 0.1) is 0 Å². The van der Waals surface area contributed by atoms with Crippen LogP contribution in [0.25, 0.3) is 16.0 Å². The molecule has 1 heterocycles. The highest BCUT2D eigenvalue weighted by Gasteiger charge is 2.10. The first-order valence-corrected chi connectivity index (χ1v) is 8.05. The minimum Gasteiger partial charge on any atom is -0.134 e. The van der Waals surface area contributed by atoms with Gasteiger partial charge in [-0.25, -0.2) is 0 Å². The Bertz CT molecular complexity index is 591. The molecule has 19 heavy (non-hydrogen) atoms. The molecule has 0 N–H and O–H groups in total. The van der Waals surface area contributed by atoms with Crippen LogP contribution in [0.5, 0.6) is 0 Å². The van der Waals surface area contributed by atoms with Gasteiger partial charge in [0.25, 0.3) is 0 Å². The molecule has 0 unspecified atom stereocenters. The molecule has 0 aliphatic rings. The van der Waals surface area contributed by atoms with Crippen LogP contribution in [0.2, 0.25) is 0 Å². The zero-order chi connectivity index (χ0) is 13.7. The molecule has 0 aliphatic carbocycles. The maximum Gasteiger partial charge on any atom is 0.0491 e. The lowest BCUT2D eigenvalue weighted by molar-refractivity contribution is 1.23. The fourth-order valence-electron chi connectivity index (χ4n) is 1.86. The van der Waals surface area contributed by atoms with Gasteiger partial charge in [0, 0.05) is 14.2 Å². The van der Waals surface area contributed by atoms with E-state index >= 15 is 0 Å². The Balaban J connectivity index is 2.39. The quantitative estimate of drug-likeness (QED) is 0.557. The van der Waals surface area contributed by atoms with E-state index in [2.05, 4.69) is 78.3 Å². The number of allylic oxidation sites excluding steroid dienone is 4. The molecule has 0 nitrogen and oxygen atoms in total.